The zero-order valence-corrected chi connectivity index (χ0v) is 7.58. The number of hydrogen-bond acceptors (Lipinski definition) is 2. The summed E-state index contributed by atoms with van der Waals surface area (Å²) in [5.41, 5.74) is 0. The molecular formula is C10H16O2. The molecule has 0 bridgehead atoms. The Balaban J connectivity index is 2.42. The molecule has 0 spiro atoms. The Labute approximate surface area is 73.6 Å². The molecule has 68 valence electrons. The van der Waals surface area contributed by atoms with Gasteiger partial charge < -0.3 is 4.74 Å². The molecule has 0 heterocycles. The van der Waals surface area contributed by atoms with Gasteiger partial charge in [0.1, 0.15) is 0 Å². The average molecular weight is 168 g/mol. The second-order valence-electron chi connectivity index (χ2n) is 3.20. The first-order chi connectivity index (χ1) is 5.84. The average Bonchev–Trinajstić information content (AvgIpc) is 2.02. The fourth-order valence-corrected chi connectivity index (χ4v) is 1.56. The van der Waals surface area contributed by atoms with Gasteiger partial charge in [0.25, 0.3) is 0 Å². The van der Waals surface area contributed by atoms with Gasteiger partial charge in [-0.3, -0.25) is 4.79 Å². The lowest BCUT2D eigenvalue weighted by molar-refractivity contribution is -0.145. The molecule has 2 heteroatoms. The summed E-state index contributed by atoms with van der Waals surface area (Å²) < 4.78 is 4.72. The van der Waals surface area contributed by atoms with Gasteiger partial charge in [-0.25, -0.2) is 0 Å². The molecular weight excluding hydrogens is 152 g/mol. The third-order valence-corrected chi connectivity index (χ3v) is 2.31. The van der Waals surface area contributed by atoms with E-state index < -0.39 is 0 Å². The minimum absolute atomic E-state index is 0.0368. The predicted octanol–water partition coefficient (Wildman–Crippen LogP) is 2.30. The molecule has 0 saturated heterocycles. The SMILES string of the molecule is COC(=O)[C@@H]1CCC=CCCC1. The van der Waals surface area contributed by atoms with Crippen LogP contribution >= 0.6 is 0 Å². The lowest BCUT2D eigenvalue weighted by Crippen LogP contribution is -2.16. The molecule has 1 aliphatic rings. The first kappa shape index (κ1) is 9.30. The monoisotopic (exact) mass is 168 g/mol. The molecule has 0 unspecified atom stereocenters. The van der Waals surface area contributed by atoms with Crippen molar-refractivity contribution in [3.05, 3.63) is 12.2 Å². The first-order valence-electron chi connectivity index (χ1n) is 4.57. The number of methoxy groups -OCH3 is 1. The highest BCUT2D eigenvalue weighted by Gasteiger charge is 2.17. The zero-order valence-electron chi connectivity index (χ0n) is 7.58. The van der Waals surface area contributed by atoms with Crippen molar-refractivity contribution in [2.75, 3.05) is 7.11 Å². The highest BCUT2D eigenvalue weighted by molar-refractivity contribution is 5.72. The van der Waals surface area contributed by atoms with E-state index in [-0.39, 0.29) is 11.9 Å². The van der Waals surface area contributed by atoms with Gasteiger partial charge in [-0.15, -0.1) is 0 Å². The van der Waals surface area contributed by atoms with E-state index in [4.69, 9.17) is 4.74 Å². The van der Waals surface area contributed by atoms with Crippen molar-refractivity contribution >= 4 is 5.97 Å². The van der Waals surface area contributed by atoms with Crippen LogP contribution in [0.15, 0.2) is 12.2 Å². The van der Waals surface area contributed by atoms with Gasteiger partial charge in [0.2, 0.25) is 0 Å². The molecule has 0 aromatic heterocycles. The van der Waals surface area contributed by atoms with Crippen LogP contribution in [0.5, 0.6) is 0 Å². The smallest absolute Gasteiger partial charge is 0.308 e. The van der Waals surface area contributed by atoms with E-state index in [1.165, 1.54) is 7.11 Å². The Bertz CT molecular complexity index is 173. The van der Waals surface area contributed by atoms with Crippen LogP contribution in [0.1, 0.15) is 32.1 Å². The topological polar surface area (TPSA) is 26.3 Å². The number of rotatable bonds is 1. The fourth-order valence-electron chi connectivity index (χ4n) is 1.56. The summed E-state index contributed by atoms with van der Waals surface area (Å²) in [6.45, 7) is 0. The lowest BCUT2D eigenvalue weighted by atomic mass is 9.94. The highest BCUT2D eigenvalue weighted by Crippen LogP contribution is 2.19. The van der Waals surface area contributed by atoms with Crippen LogP contribution in [0.2, 0.25) is 0 Å². The Morgan fingerprint density at radius 2 is 2.08 bits per heavy atom. The summed E-state index contributed by atoms with van der Waals surface area (Å²) in [7, 11) is 1.47. The van der Waals surface area contributed by atoms with Gasteiger partial charge in [0, 0.05) is 0 Å². The van der Waals surface area contributed by atoms with Crippen molar-refractivity contribution in [3.63, 3.8) is 0 Å². The molecule has 0 amide bonds. The second-order valence-corrected chi connectivity index (χ2v) is 3.20. The maximum absolute atomic E-state index is 11.2. The maximum atomic E-state index is 11.2. The number of hydrogen-bond donors (Lipinski definition) is 0. The molecule has 2 nitrogen and oxygen atoms in total. The van der Waals surface area contributed by atoms with Crippen molar-refractivity contribution in [3.8, 4) is 0 Å². The minimum atomic E-state index is -0.0368. The van der Waals surface area contributed by atoms with Crippen molar-refractivity contribution in [1.29, 1.82) is 0 Å². The molecule has 0 aromatic rings. The van der Waals surface area contributed by atoms with Gasteiger partial charge in [-0.1, -0.05) is 12.2 Å². The molecule has 1 rings (SSSR count). The van der Waals surface area contributed by atoms with E-state index in [1.54, 1.807) is 0 Å². The van der Waals surface area contributed by atoms with Crippen LogP contribution < -0.4 is 0 Å². The highest BCUT2D eigenvalue weighted by atomic mass is 16.5. The van der Waals surface area contributed by atoms with E-state index in [1.807, 2.05) is 0 Å². The summed E-state index contributed by atoms with van der Waals surface area (Å²) in [5, 5.41) is 0. The lowest BCUT2D eigenvalue weighted by Gasteiger charge is -2.14. The zero-order chi connectivity index (χ0) is 8.81. The van der Waals surface area contributed by atoms with Gasteiger partial charge in [-0.2, -0.15) is 0 Å². The standard InChI is InChI=1S/C10H16O2/c1-12-10(11)9-7-5-3-2-4-6-8-9/h2-3,9H,4-8H2,1H3/t9-/m1/s1. The van der Waals surface area contributed by atoms with Crippen molar-refractivity contribution in [2.45, 2.75) is 32.1 Å². The minimum Gasteiger partial charge on any atom is -0.469 e. The number of ether oxygens (including phenoxy) is 1. The molecule has 0 radical (unpaired) electrons. The number of allylic oxidation sites excluding steroid dienone is 2. The number of esters is 1. The van der Waals surface area contributed by atoms with E-state index in [0.29, 0.717) is 0 Å². The van der Waals surface area contributed by atoms with Crippen LogP contribution in [0, 0.1) is 5.92 Å². The molecule has 12 heavy (non-hydrogen) atoms. The summed E-state index contributed by atoms with van der Waals surface area (Å²) in [6, 6.07) is 0. The molecule has 1 aliphatic carbocycles. The molecule has 0 saturated carbocycles. The van der Waals surface area contributed by atoms with E-state index in [9.17, 15) is 4.79 Å². The summed E-state index contributed by atoms with van der Waals surface area (Å²) in [6.07, 6.45) is 9.52. The van der Waals surface area contributed by atoms with Crippen LogP contribution in [-0.2, 0) is 9.53 Å². The number of carbonyl (C=O) groups excluding carboxylic acids is 1. The van der Waals surface area contributed by atoms with Crippen LogP contribution in [0.4, 0.5) is 0 Å². The Morgan fingerprint density at radius 3 is 2.83 bits per heavy atom. The summed E-state index contributed by atoms with van der Waals surface area (Å²) in [5.74, 6) is 0.102. The maximum Gasteiger partial charge on any atom is 0.308 e. The van der Waals surface area contributed by atoms with E-state index in [0.717, 1.165) is 32.1 Å². The van der Waals surface area contributed by atoms with Crippen molar-refractivity contribution < 1.29 is 9.53 Å². The molecule has 0 fully saturated rings. The Morgan fingerprint density at radius 1 is 1.33 bits per heavy atom. The van der Waals surface area contributed by atoms with Crippen LogP contribution in [-0.4, -0.2) is 13.1 Å². The molecule has 0 N–H and O–H groups in total. The predicted molar refractivity (Wildman–Crippen MR) is 47.7 cm³/mol. The first-order valence-corrected chi connectivity index (χ1v) is 4.57. The molecule has 0 aliphatic heterocycles. The quantitative estimate of drug-likeness (QED) is 0.443. The van der Waals surface area contributed by atoms with Crippen molar-refractivity contribution in [1.82, 2.24) is 0 Å². The van der Waals surface area contributed by atoms with Gasteiger partial charge in [0.05, 0.1) is 13.0 Å². The van der Waals surface area contributed by atoms with Gasteiger partial charge in [-0.05, 0) is 32.1 Å². The van der Waals surface area contributed by atoms with E-state index in [2.05, 4.69) is 12.2 Å². The summed E-state index contributed by atoms with van der Waals surface area (Å²) >= 11 is 0. The largest absolute Gasteiger partial charge is 0.469 e. The fraction of sp³-hybridized carbons (Fsp3) is 0.700. The molecule has 1 atom stereocenters. The Hall–Kier alpha value is -0.790. The Kier molecular flexibility index (Phi) is 3.85. The third kappa shape index (κ3) is 2.68. The third-order valence-electron chi connectivity index (χ3n) is 2.31. The van der Waals surface area contributed by atoms with Gasteiger partial charge >= 0.3 is 5.97 Å². The second kappa shape index (κ2) is 4.96. The molecule has 0 aromatic carbocycles. The van der Waals surface area contributed by atoms with Crippen LogP contribution in [0.25, 0.3) is 0 Å². The van der Waals surface area contributed by atoms with E-state index >= 15 is 0 Å². The number of carbonyl (C=O) groups is 1. The van der Waals surface area contributed by atoms with Crippen molar-refractivity contribution in [2.24, 2.45) is 5.92 Å². The normalized spacial score (nSPS) is 24.2. The van der Waals surface area contributed by atoms with Gasteiger partial charge in [0.15, 0.2) is 0 Å². The van der Waals surface area contributed by atoms with Crippen LogP contribution in [0.3, 0.4) is 0 Å². The summed E-state index contributed by atoms with van der Waals surface area (Å²) in [4.78, 5) is 11.2.